The monoisotopic (exact) mass is 284 g/mol. The molecule has 2 rings (SSSR count). The summed E-state index contributed by atoms with van der Waals surface area (Å²) in [7, 11) is 0. The van der Waals surface area contributed by atoms with Crippen molar-refractivity contribution in [1.82, 2.24) is 4.90 Å². The highest BCUT2D eigenvalue weighted by atomic mass is 32.2. The Bertz CT molecular complexity index is 303. The van der Waals surface area contributed by atoms with Crippen LogP contribution < -0.4 is 5.73 Å². The lowest BCUT2D eigenvalue weighted by atomic mass is 9.70. The molecule has 1 aliphatic heterocycles. The van der Waals surface area contributed by atoms with Gasteiger partial charge in [0.25, 0.3) is 0 Å². The van der Waals surface area contributed by atoms with Crippen LogP contribution in [0, 0.1) is 11.8 Å². The summed E-state index contributed by atoms with van der Waals surface area (Å²) in [5, 5.41) is 0. The van der Waals surface area contributed by atoms with Crippen molar-refractivity contribution >= 4 is 11.8 Å². The minimum absolute atomic E-state index is 0.297. The van der Waals surface area contributed by atoms with Crippen LogP contribution in [0.2, 0.25) is 0 Å². The van der Waals surface area contributed by atoms with Gasteiger partial charge < -0.3 is 5.73 Å². The molecule has 1 heterocycles. The van der Waals surface area contributed by atoms with Crippen LogP contribution in [-0.2, 0) is 0 Å². The van der Waals surface area contributed by atoms with Crippen molar-refractivity contribution in [3.63, 3.8) is 0 Å². The van der Waals surface area contributed by atoms with Gasteiger partial charge in [-0.05, 0) is 38.5 Å². The van der Waals surface area contributed by atoms with Crippen LogP contribution >= 0.6 is 11.8 Å². The smallest absolute Gasteiger partial charge is 0.0335 e. The maximum absolute atomic E-state index is 6.27. The molecule has 2 fully saturated rings. The van der Waals surface area contributed by atoms with Gasteiger partial charge in [-0.25, -0.2) is 0 Å². The molecular weight excluding hydrogens is 252 g/mol. The predicted molar refractivity (Wildman–Crippen MR) is 86.7 cm³/mol. The molecular formula is C16H32N2S. The normalized spacial score (nSPS) is 36.6. The van der Waals surface area contributed by atoms with Crippen molar-refractivity contribution in [2.75, 3.05) is 25.4 Å². The molecule has 0 amide bonds. The Morgan fingerprint density at radius 3 is 2.68 bits per heavy atom. The molecule has 2 unspecified atom stereocenters. The van der Waals surface area contributed by atoms with Gasteiger partial charge in [0.15, 0.2) is 0 Å². The maximum Gasteiger partial charge on any atom is 0.0335 e. The fraction of sp³-hybridized carbons (Fsp3) is 1.00. The molecule has 1 saturated heterocycles. The number of hydrogen-bond acceptors (Lipinski definition) is 3. The van der Waals surface area contributed by atoms with Gasteiger partial charge in [-0.3, -0.25) is 4.90 Å². The molecule has 2 N–H and O–H groups in total. The minimum atomic E-state index is 0.297. The van der Waals surface area contributed by atoms with Crippen LogP contribution in [0.15, 0.2) is 0 Å². The zero-order valence-corrected chi connectivity index (χ0v) is 14.1. The summed E-state index contributed by atoms with van der Waals surface area (Å²) in [5.74, 6) is 2.94. The summed E-state index contributed by atoms with van der Waals surface area (Å²) in [6.07, 6.45) is 5.41. The number of hydrogen-bond donors (Lipinski definition) is 1. The van der Waals surface area contributed by atoms with Crippen molar-refractivity contribution < 1.29 is 0 Å². The quantitative estimate of drug-likeness (QED) is 0.861. The zero-order chi connectivity index (χ0) is 14.1. The largest absolute Gasteiger partial charge is 0.329 e. The maximum atomic E-state index is 6.27. The molecule has 0 bridgehead atoms. The van der Waals surface area contributed by atoms with E-state index in [4.69, 9.17) is 5.73 Å². The topological polar surface area (TPSA) is 29.3 Å². The van der Waals surface area contributed by atoms with Crippen LogP contribution in [0.5, 0.6) is 0 Å². The number of rotatable bonds is 3. The second-order valence-corrected chi connectivity index (χ2v) is 9.36. The van der Waals surface area contributed by atoms with Crippen molar-refractivity contribution in [1.29, 1.82) is 0 Å². The highest BCUT2D eigenvalue weighted by Crippen LogP contribution is 2.42. The summed E-state index contributed by atoms with van der Waals surface area (Å²) >= 11 is 2.12. The first kappa shape index (κ1) is 15.7. The van der Waals surface area contributed by atoms with Gasteiger partial charge >= 0.3 is 0 Å². The van der Waals surface area contributed by atoms with E-state index in [2.05, 4.69) is 44.4 Å². The number of nitrogens with two attached hydrogens (primary N) is 1. The molecule has 0 radical (unpaired) electrons. The van der Waals surface area contributed by atoms with Crippen molar-refractivity contribution in [2.45, 2.75) is 63.7 Å². The van der Waals surface area contributed by atoms with E-state index >= 15 is 0 Å². The van der Waals surface area contributed by atoms with E-state index in [0.29, 0.717) is 10.3 Å². The average molecular weight is 285 g/mol. The fourth-order valence-electron chi connectivity index (χ4n) is 3.98. The van der Waals surface area contributed by atoms with Crippen molar-refractivity contribution in [3.05, 3.63) is 0 Å². The molecule has 112 valence electrons. The first-order valence-corrected chi connectivity index (χ1v) is 8.96. The third-order valence-corrected chi connectivity index (χ3v) is 6.58. The predicted octanol–water partition coefficient (Wildman–Crippen LogP) is 3.36. The van der Waals surface area contributed by atoms with Gasteiger partial charge in [-0.1, -0.05) is 26.7 Å². The van der Waals surface area contributed by atoms with Crippen LogP contribution in [0.4, 0.5) is 0 Å². The van der Waals surface area contributed by atoms with E-state index in [1.807, 2.05) is 0 Å². The molecule has 0 aromatic carbocycles. The van der Waals surface area contributed by atoms with Crippen LogP contribution in [0.1, 0.15) is 53.4 Å². The Morgan fingerprint density at radius 2 is 2.11 bits per heavy atom. The summed E-state index contributed by atoms with van der Waals surface area (Å²) in [4.78, 5) is 2.75. The van der Waals surface area contributed by atoms with Gasteiger partial charge in [-0.15, -0.1) is 0 Å². The van der Waals surface area contributed by atoms with Crippen LogP contribution in [-0.4, -0.2) is 40.6 Å². The van der Waals surface area contributed by atoms with E-state index in [-0.39, 0.29) is 0 Å². The lowest BCUT2D eigenvalue weighted by molar-refractivity contribution is 0.0223. The lowest BCUT2D eigenvalue weighted by Crippen LogP contribution is -2.61. The third-order valence-electron chi connectivity index (χ3n) is 5.28. The highest BCUT2D eigenvalue weighted by molar-refractivity contribution is 8.00. The second-order valence-electron chi connectivity index (χ2n) is 7.56. The van der Waals surface area contributed by atoms with Gasteiger partial charge in [0, 0.05) is 35.7 Å². The fourth-order valence-corrected chi connectivity index (χ4v) is 5.09. The second kappa shape index (κ2) is 5.95. The third kappa shape index (κ3) is 3.48. The van der Waals surface area contributed by atoms with Crippen molar-refractivity contribution in [2.24, 2.45) is 17.6 Å². The molecule has 3 heteroatoms. The van der Waals surface area contributed by atoms with Gasteiger partial charge in [-0.2, -0.15) is 11.8 Å². The van der Waals surface area contributed by atoms with Crippen molar-refractivity contribution in [3.8, 4) is 0 Å². The Labute approximate surface area is 123 Å². The van der Waals surface area contributed by atoms with Gasteiger partial charge in [0.2, 0.25) is 0 Å². The lowest BCUT2D eigenvalue weighted by Gasteiger charge is -2.53. The summed E-state index contributed by atoms with van der Waals surface area (Å²) in [6, 6.07) is 0. The molecule has 0 spiro atoms. The zero-order valence-electron chi connectivity index (χ0n) is 13.2. The standard InChI is InChI=1S/C16H32N2S/c1-13(2)14-6-5-7-16(10-14,11-17)18-8-9-19-15(3,4)12-18/h13-14H,5-12,17H2,1-4H3. The SMILES string of the molecule is CC(C)C1CCCC(CN)(N2CCSC(C)(C)C2)C1. The molecule has 0 aromatic heterocycles. The molecule has 2 atom stereocenters. The van der Waals surface area contributed by atoms with E-state index in [0.717, 1.165) is 18.4 Å². The molecule has 2 nitrogen and oxygen atoms in total. The molecule has 1 saturated carbocycles. The van der Waals surface area contributed by atoms with Crippen LogP contribution in [0.25, 0.3) is 0 Å². The summed E-state index contributed by atoms with van der Waals surface area (Å²) < 4.78 is 0.394. The summed E-state index contributed by atoms with van der Waals surface area (Å²) in [6.45, 7) is 12.8. The first-order valence-electron chi connectivity index (χ1n) is 7.98. The van der Waals surface area contributed by atoms with Gasteiger partial charge in [0.05, 0.1) is 0 Å². The van der Waals surface area contributed by atoms with E-state index < -0.39 is 0 Å². The average Bonchev–Trinajstić information content (AvgIpc) is 2.37. The van der Waals surface area contributed by atoms with E-state index in [1.165, 1.54) is 44.5 Å². The van der Waals surface area contributed by atoms with E-state index in [9.17, 15) is 0 Å². The Morgan fingerprint density at radius 1 is 1.37 bits per heavy atom. The Balaban J connectivity index is 2.12. The Kier molecular flexibility index (Phi) is 4.90. The van der Waals surface area contributed by atoms with Gasteiger partial charge in [0.1, 0.15) is 0 Å². The molecule has 0 aromatic rings. The number of thioether (sulfide) groups is 1. The molecule has 2 aliphatic rings. The van der Waals surface area contributed by atoms with E-state index in [1.54, 1.807) is 0 Å². The first-order chi connectivity index (χ1) is 8.88. The highest BCUT2D eigenvalue weighted by Gasteiger charge is 2.43. The molecule has 1 aliphatic carbocycles. The Hall–Kier alpha value is 0.270. The molecule has 19 heavy (non-hydrogen) atoms. The number of nitrogens with zero attached hydrogens (tertiary/aromatic N) is 1. The summed E-state index contributed by atoms with van der Waals surface area (Å²) in [5.41, 5.74) is 6.57. The van der Waals surface area contributed by atoms with Crippen LogP contribution in [0.3, 0.4) is 0 Å². The minimum Gasteiger partial charge on any atom is -0.329 e.